The highest BCUT2D eigenvalue weighted by molar-refractivity contribution is 6.31. The van der Waals surface area contributed by atoms with Crippen LogP contribution in [-0.2, 0) is 0 Å². The van der Waals surface area contributed by atoms with Gasteiger partial charge in [-0.3, -0.25) is 0 Å². The largest absolute Gasteiger partial charge is 0.388 e. The normalized spacial score (nSPS) is 15.4. The fourth-order valence-corrected chi connectivity index (χ4v) is 1.40. The van der Waals surface area contributed by atoms with Crippen LogP contribution >= 0.6 is 11.6 Å². The van der Waals surface area contributed by atoms with Crippen molar-refractivity contribution in [1.82, 2.24) is 0 Å². The lowest BCUT2D eigenvalue weighted by molar-refractivity contribution is 0.122. The topological polar surface area (TPSA) is 46.2 Å². The minimum atomic E-state index is -0.571. The summed E-state index contributed by atoms with van der Waals surface area (Å²) in [6, 6.07) is 7.28. The summed E-state index contributed by atoms with van der Waals surface area (Å²) >= 11 is 5.92. The Balaban J connectivity index is 2.88. The Morgan fingerprint density at radius 1 is 1.46 bits per heavy atom. The number of benzene rings is 1. The summed E-state index contributed by atoms with van der Waals surface area (Å²) in [7, 11) is 0. The van der Waals surface area contributed by atoms with Crippen molar-refractivity contribution in [2.24, 2.45) is 11.7 Å². The van der Waals surface area contributed by atoms with Gasteiger partial charge in [-0.05, 0) is 24.1 Å². The molecule has 0 heterocycles. The Morgan fingerprint density at radius 3 is 2.62 bits per heavy atom. The zero-order valence-electron chi connectivity index (χ0n) is 7.57. The van der Waals surface area contributed by atoms with Crippen LogP contribution in [0.15, 0.2) is 24.3 Å². The maximum Gasteiger partial charge on any atom is 0.0841 e. The molecule has 0 aliphatic heterocycles. The van der Waals surface area contributed by atoms with E-state index < -0.39 is 6.10 Å². The van der Waals surface area contributed by atoms with Crippen LogP contribution < -0.4 is 5.73 Å². The Labute approximate surface area is 83.3 Å². The molecule has 1 aromatic carbocycles. The molecular formula is C10H14ClNO. The summed E-state index contributed by atoms with van der Waals surface area (Å²) in [5, 5.41) is 10.4. The lowest BCUT2D eigenvalue weighted by atomic mass is 9.98. The molecule has 0 aliphatic carbocycles. The molecule has 2 atom stereocenters. The number of nitrogens with two attached hydrogens (primary N) is 1. The molecule has 0 radical (unpaired) electrons. The van der Waals surface area contributed by atoms with Gasteiger partial charge >= 0.3 is 0 Å². The van der Waals surface area contributed by atoms with Crippen LogP contribution in [0.1, 0.15) is 18.6 Å². The monoisotopic (exact) mass is 199 g/mol. The molecule has 0 spiro atoms. The van der Waals surface area contributed by atoms with Crippen molar-refractivity contribution in [3.05, 3.63) is 34.9 Å². The molecule has 1 rings (SSSR count). The van der Waals surface area contributed by atoms with Gasteiger partial charge in [0.2, 0.25) is 0 Å². The van der Waals surface area contributed by atoms with Crippen molar-refractivity contribution in [2.45, 2.75) is 13.0 Å². The van der Waals surface area contributed by atoms with Crippen LogP contribution in [0.4, 0.5) is 0 Å². The third-order valence-electron chi connectivity index (χ3n) is 2.13. The molecule has 0 bridgehead atoms. The maximum absolute atomic E-state index is 9.81. The van der Waals surface area contributed by atoms with Gasteiger partial charge in [0.15, 0.2) is 0 Å². The number of rotatable bonds is 3. The van der Waals surface area contributed by atoms with E-state index in [0.29, 0.717) is 11.6 Å². The average Bonchev–Trinajstić information content (AvgIpc) is 2.16. The summed E-state index contributed by atoms with van der Waals surface area (Å²) < 4.78 is 0. The van der Waals surface area contributed by atoms with Crippen LogP contribution in [0, 0.1) is 5.92 Å². The van der Waals surface area contributed by atoms with Gasteiger partial charge in [0.1, 0.15) is 0 Å². The fraction of sp³-hybridized carbons (Fsp3) is 0.400. The van der Waals surface area contributed by atoms with Gasteiger partial charge in [-0.2, -0.15) is 0 Å². The lowest BCUT2D eigenvalue weighted by Crippen LogP contribution is -2.19. The van der Waals surface area contributed by atoms with Crippen LogP contribution in [0.3, 0.4) is 0 Å². The molecule has 0 aromatic heterocycles. The Bertz CT molecular complexity index is 277. The molecule has 0 saturated carbocycles. The Hall–Kier alpha value is -0.570. The van der Waals surface area contributed by atoms with Crippen LogP contribution in [0.2, 0.25) is 5.02 Å². The van der Waals surface area contributed by atoms with E-state index in [4.69, 9.17) is 17.3 Å². The highest BCUT2D eigenvalue weighted by Crippen LogP contribution is 2.27. The Morgan fingerprint density at radius 2 is 2.08 bits per heavy atom. The van der Waals surface area contributed by atoms with Crippen molar-refractivity contribution in [2.75, 3.05) is 6.54 Å². The zero-order valence-corrected chi connectivity index (χ0v) is 8.33. The molecule has 2 nitrogen and oxygen atoms in total. The first kappa shape index (κ1) is 10.5. The van der Waals surface area contributed by atoms with Crippen molar-refractivity contribution in [3.63, 3.8) is 0 Å². The zero-order chi connectivity index (χ0) is 9.84. The first-order chi connectivity index (χ1) is 6.16. The molecule has 2 unspecified atom stereocenters. The standard InChI is InChI=1S/C10H14ClNO/c1-7(6-12)10(13)8-4-2-3-5-9(8)11/h2-5,7,10,13H,6,12H2,1H3. The van der Waals surface area contributed by atoms with E-state index in [-0.39, 0.29) is 5.92 Å². The van der Waals surface area contributed by atoms with E-state index in [1.807, 2.05) is 25.1 Å². The van der Waals surface area contributed by atoms with Crippen molar-refractivity contribution < 1.29 is 5.11 Å². The summed E-state index contributed by atoms with van der Waals surface area (Å²) in [5.74, 6) is 0.0277. The second-order valence-electron chi connectivity index (χ2n) is 3.18. The highest BCUT2D eigenvalue weighted by Gasteiger charge is 2.16. The summed E-state index contributed by atoms with van der Waals surface area (Å²) in [6.45, 7) is 2.35. The van der Waals surface area contributed by atoms with Gasteiger partial charge in [-0.25, -0.2) is 0 Å². The van der Waals surface area contributed by atoms with Gasteiger partial charge in [-0.15, -0.1) is 0 Å². The smallest absolute Gasteiger partial charge is 0.0841 e. The Kier molecular flexibility index (Phi) is 3.72. The van der Waals surface area contributed by atoms with Crippen molar-refractivity contribution in [3.8, 4) is 0 Å². The van der Waals surface area contributed by atoms with E-state index >= 15 is 0 Å². The van der Waals surface area contributed by atoms with Gasteiger partial charge in [-0.1, -0.05) is 36.7 Å². The third-order valence-corrected chi connectivity index (χ3v) is 2.48. The number of halogens is 1. The molecule has 1 aromatic rings. The molecule has 72 valence electrons. The molecule has 3 heteroatoms. The first-order valence-corrected chi connectivity index (χ1v) is 4.67. The predicted octanol–water partition coefficient (Wildman–Crippen LogP) is 1.97. The van der Waals surface area contributed by atoms with E-state index in [2.05, 4.69) is 0 Å². The minimum Gasteiger partial charge on any atom is -0.388 e. The molecule has 0 aliphatic rings. The molecule has 0 saturated heterocycles. The second kappa shape index (κ2) is 4.61. The lowest BCUT2D eigenvalue weighted by Gasteiger charge is -2.18. The fourth-order valence-electron chi connectivity index (χ4n) is 1.15. The van der Waals surface area contributed by atoms with E-state index in [9.17, 15) is 5.11 Å². The highest BCUT2D eigenvalue weighted by atomic mass is 35.5. The van der Waals surface area contributed by atoms with Gasteiger partial charge in [0.05, 0.1) is 6.10 Å². The van der Waals surface area contributed by atoms with E-state index in [1.165, 1.54) is 0 Å². The van der Waals surface area contributed by atoms with E-state index in [0.717, 1.165) is 5.56 Å². The molecule has 0 amide bonds. The molecule has 3 N–H and O–H groups in total. The maximum atomic E-state index is 9.81. The number of hydrogen-bond acceptors (Lipinski definition) is 2. The number of aliphatic hydroxyl groups excluding tert-OH is 1. The summed E-state index contributed by atoms with van der Waals surface area (Å²) in [4.78, 5) is 0. The minimum absolute atomic E-state index is 0.0277. The van der Waals surface area contributed by atoms with E-state index in [1.54, 1.807) is 6.07 Å². The number of hydrogen-bond donors (Lipinski definition) is 2. The quantitative estimate of drug-likeness (QED) is 0.782. The van der Waals surface area contributed by atoms with Crippen molar-refractivity contribution >= 4 is 11.6 Å². The summed E-state index contributed by atoms with van der Waals surface area (Å²) in [5.41, 5.74) is 6.21. The van der Waals surface area contributed by atoms with Crippen LogP contribution in [-0.4, -0.2) is 11.7 Å². The van der Waals surface area contributed by atoms with Gasteiger partial charge in [0, 0.05) is 5.02 Å². The molecule has 0 fully saturated rings. The van der Waals surface area contributed by atoms with Gasteiger partial charge in [0.25, 0.3) is 0 Å². The first-order valence-electron chi connectivity index (χ1n) is 4.29. The average molecular weight is 200 g/mol. The van der Waals surface area contributed by atoms with Crippen molar-refractivity contribution in [1.29, 1.82) is 0 Å². The van der Waals surface area contributed by atoms with Gasteiger partial charge < -0.3 is 10.8 Å². The predicted molar refractivity (Wildman–Crippen MR) is 54.6 cm³/mol. The third kappa shape index (κ3) is 2.44. The summed E-state index contributed by atoms with van der Waals surface area (Å²) in [6.07, 6.45) is -0.571. The second-order valence-corrected chi connectivity index (χ2v) is 3.59. The van der Waals surface area contributed by atoms with Crippen LogP contribution in [0.25, 0.3) is 0 Å². The number of aliphatic hydroxyl groups is 1. The molecular weight excluding hydrogens is 186 g/mol. The van der Waals surface area contributed by atoms with Crippen LogP contribution in [0.5, 0.6) is 0 Å². The molecule has 13 heavy (non-hydrogen) atoms. The SMILES string of the molecule is CC(CN)C(O)c1ccccc1Cl.